The third-order valence-corrected chi connectivity index (χ3v) is 4.27. The maximum absolute atomic E-state index is 12.1. The number of hydrogen-bond acceptors (Lipinski definition) is 2. The van der Waals surface area contributed by atoms with E-state index in [1.54, 1.807) is 0 Å². The monoisotopic (exact) mass is 375 g/mol. The molecule has 0 radical (unpaired) electrons. The first kappa shape index (κ1) is 17.5. The van der Waals surface area contributed by atoms with Gasteiger partial charge in [-0.2, -0.15) is 0 Å². The first-order chi connectivity index (χ1) is 11.0. The lowest BCUT2D eigenvalue weighted by Crippen LogP contribution is -2.21. The Kier molecular flexibility index (Phi) is 6.22. The molecule has 3 nitrogen and oxygen atoms in total. The molecule has 23 heavy (non-hydrogen) atoms. The summed E-state index contributed by atoms with van der Waals surface area (Å²) in [4.78, 5) is 12.1. The van der Waals surface area contributed by atoms with Crippen molar-refractivity contribution in [1.29, 1.82) is 0 Å². The van der Waals surface area contributed by atoms with Crippen molar-refractivity contribution < 1.29 is 9.53 Å². The molecule has 2 rings (SSSR count). The van der Waals surface area contributed by atoms with Crippen LogP contribution in [-0.4, -0.2) is 12.5 Å². The van der Waals surface area contributed by atoms with E-state index in [4.69, 9.17) is 4.74 Å². The summed E-state index contributed by atoms with van der Waals surface area (Å²) in [6, 6.07) is 13.8. The fourth-order valence-electron chi connectivity index (χ4n) is 2.27. The van der Waals surface area contributed by atoms with Gasteiger partial charge in [-0.3, -0.25) is 4.79 Å². The molecule has 0 aliphatic heterocycles. The van der Waals surface area contributed by atoms with Crippen molar-refractivity contribution in [2.24, 2.45) is 0 Å². The summed E-state index contributed by atoms with van der Waals surface area (Å²) < 4.78 is 6.49. The zero-order valence-corrected chi connectivity index (χ0v) is 15.3. The second-order valence-corrected chi connectivity index (χ2v) is 6.55. The van der Waals surface area contributed by atoms with Gasteiger partial charge in [-0.05, 0) is 57.6 Å². The Hall–Kier alpha value is -1.81. The van der Waals surface area contributed by atoms with Crippen LogP contribution in [0, 0.1) is 0 Å². The molecule has 2 aromatic carbocycles. The number of anilines is 1. The summed E-state index contributed by atoms with van der Waals surface area (Å²) in [5, 5.41) is 2.90. The van der Waals surface area contributed by atoms with Crippen LogP contribution in [0.2, 0.25) is 0 Å². The summed E-state index contributed by atoms with van der Waals surface area (Å²) in [5.74, 6) is 0.966. The number of nitrogens with one attached hydrogen (secondary N) is 1. The number of aryl methyl sites for hydroxylation is 1. The van der Waals surface area contributed by atoms with Crippen molar-refractivity contribution >= 4 is 27.5 Å². The molecule has 0 fully saturated rings. The van der Waals surface area contributed by atoms with Crippen LogP contribution in [0.15, 0.2) is 46.9 Å². The van der Waals surface area contributed by atoms with Crippen LogP contribution in [0.4, 0.5) is 5.69 Å². The summed E-state index contributed by atoms with van der Waals surface area (Å²) >= 11 is 3.50. The summed E-state index contributed by atoms with van der Waals surface area (Å²) in [6.45, 7) is 6.33. The zero-order chi connectivity index (χ0) is 16.8. The van der Waals surface area contributed by atoms with Crippen molar-refractivity contribution in [2.45, 2.75) is 33.1 Å². The lowest BCUT2D eigenvalue weighted by atomic mass is 10.0. The van der Waals surface area contributed by atoms with Crippen molar-refractivity contribution in [3.05, 3.63) is 58.1 Å². The lowest BCUT2D eigenvalue weighted by Gasteiger charge is -2.13. The number of halogens is 1. The fraction of sp³-hybridized carbons (Fsp3) is 0.316. The van der Waals surface area contributed by atoms with Crippen LogP contribution < -0.4 is 10.1 Å². The van der Waals surface area contributed by atoms with E-state index in [0.29, 0.717) is 11.7 Å². The maximum atomic E-state index is 12.1. The van der Waals surface area contributed by atoms with E-state index in [1.807, 2.05) is 42.5 Å². The molecule has 0 aromatic heterocycles. The SMILES string of the molecule is CCc1ccccc1NC(=O)COc1ccc(C(C)C)cc1Br. The van der Waals surface area contributed by atoms with E-state index in [-0.39, 0.29) is 12.5 Å². The highest BCUT2D eigenvalue weighted by molar-refractivity contribution is 9.10. The average Bonchev–Trinajstić information content (AvgIpc) is 2.54. The molecular formula is C19H22BrNO2. The van der Waals surface area contributed by atoms with Gasteiger partial charge in [0.2, 0.25) is 0 Å². The Morgan fingerprint density at radius 1 is 1.22 bits per heavy atom. The van der Waals surface area contributed by atoms with Crippen LogP contribution in [0.1, 0.15) is 37.8 Å². The van der Waals surface area contributed by atoms with Gasteiger partial charge in [0.1, 0.15) is 5.75 Å². The Bertz CT molecular complexity index is 683. The Morgan fingerprint density at radius 2 is 1.96 bits per heavy atom. The minimum absolute atomic E-state index is 0.0162. The molecule has 1 amide bonds. The molecule has 2 aromatic rings. The molecule has 0 unspecified atom stereocenters. The van der Waals surface area contributed by atoms with Crippen molar-refractivity contribution in [1.82, 2.24) is 0 Å². The van der Waals surface area contributed by atoms with Gasteiger partial charge in [0.25, 0.3) is 5.91 Å². The molecule has 0 aliphatic rings. The number of hydrogen-bond donors (Lipinski definition) is 1. The molecule has 0 aliphatic carbocycles. The highest BCUT2D eigenvalue weighted by Gasteiger charge is 2.09. The number of ether oxygens (including phenoxy) is 1. The molecule has 0 saturated heterocycles. The highest BCUT2D eigenvalue weighted by atomic mass is 79.9. The molecule has 4 heteroatoms. The van der Waals surface area contributed by atoms with E-state index < -0.39 is 0 Å². The molecule has 0 heterocycles. The third kappa shape index (κ3) is 4.83. The zero-order valence-electron chi connectivity index (χ0n) is 13.7. The first-order valence-corrected chi connectivity index (χ1v) is 8.60. The van der Waals surface area contributed by atoms with Gasteiger partial charge in [0.05, 0.1) is 4.47 Å². The van der Waals surface area contributed by atoms with Crippen LogP contribution in [0.25, 0.3) is 0 Å². The highest BCUT2D eigenvalue weighted by Crippen LogP contribution is 2.28. The van der Waals surface area contributed by atoms with E-state index in [1.165, 1.54) is 5.56 Å². The number of para-hydroxylation sites is 1. The van der Waals surface area contributed by atoms with Gasteiger partial charge in [0, 0.05) is 5.69 Å². The van der Waals surface area contributed by atoms with Gasteiger partial charge >= 0.3 is 0 Å². The number of carbonyl (C=O) groups excluding carboxylic acids is 1. The van der Waals surface area contributed by atoms with Gasteiger partial charge in [-0.15, -0.1) is 0 Å². The van der Waals surface area contributed by atoms with Crippen LogP contribution in [-0.2, 0) is 11.2 Å². The minimum Gasteiger partial charge on any atom is -0.483 e. The second kappa shape index (κ2) is 8.16. The molecule has 0 atom stereocenters. The van der Waals surface area contributed by atoms with Gasteiger partial charge in [-0.25, -0.2) is 0 Å². The molecule has 122 valence electrons. The normalized spacial score (nSPS) is 10.7. The van der Waals surface area contributed by atoms with E-state index >= 15 is 0 Å². The average molecular weight is 376 g/mol. The van der Waals surface area contributed by atoms with Gasteiger partial charge in [-0.1, -0.05) is 45.0 Å². The Labute approximate surface area is 146 Å². The maximum Gasteiger partial charge on any atom is 0.262 e. The fourth-order valence-corrected chi connectivity index (χ4v) is 2.78. The van der Waals surface area contributed by atoms with E-state index in [0.717, 1.165) is 22.1 Å². The standard InChI is InChI=1S/C19H22BrNO2/c1-4-14-7-5-6-8-17(14)21-19(22)12-23-18-10-9-15(13(2)3)11-16(18)20/h5-11,13H,4,12H2,1-3H3,(H,21,22). The Balaban J connectivity index is 1.97. The van der Waals surface area contributed by atoms with Crippen LogP contribution in [0.5, 0.6) is 5.75 Å². The minimum atomic E-state index is -0.161. The number of amides is 1. The quantitative estimate of drug-likeness (QED) is 0.757. The summed E-state index contributed by atoms with van der Waals surface area (Å²) in [6.07, 6.45) is 0.875. The Morgan fingerprint density at radius 3 is 2.61 bits per heavy atom. The predicted molar refractivity (Wildman–Crippen MR) is 98.2 cm³/mol. The largest absolute Gasteiger partial charge is 0.483 e. The third-order valence-electron chi connectivity index (χ3n) is 3.65. The topological polar surface area (TPSA) is 38.3 Å². The van der Waals surface area contributed by atoms with E-state index in [9.17, 15) is 4.79 Å². The molecular weight excluding hydrogens is 354 g/mol. The number of rotatable bonds is 6. The number of benzene rings is 2. The van der Waals surface area contributed by atoms with Gasteiger partial charge in [0.15, 0.2) is 6.61 Å². The molecule has 0 spiro atoms. The smallest absolute Gasteiger partial charge is 0.262 e. The molecule has 0 saturated carbocycles. The second-order valence-electron chi connectivity index (χ2n) is 5.69. The predicted octanol–water partition coefficient (Wildman–Crippen LogP) is 5.15. The first-order valence-electron chi connectivity index (χ1n) is 7.81. The van der Waals surface area contributed by atoms with Crippen molar-refractivity contribution in [3.63, 3.8) is 0 Å². The molecule has 1 N–H and O–H groups in total. The van der Waals surface area contributed by atoms with Crippen molar-refractivity contribution in [3.8, 4) is 5.75 Å². The van der Waals surface area contributed by atoms with Crippen molar-refractivity contribution in [2.75, 3.05) is 11.9 Å². The summed E-state index contributed by atoms with van der Waals surface area (Å²) in [7, 11) is 0. The lowest BCUT2D eigenvalue weighted by molar-refractivity contribution is -0.118. The van der Waals surface area contributed by atoms with Gasteiger partial charge < -0.3 is 10.1 Å². The molecule has 0 bridgehead atoms. The number of carbonyl (C=O) groups is 1. The van der Waals surface area contributed by atoms with E-state index in [2.05, 4.69) is 42.0 Å². The van der Waals surface area contributed by atoms with Crippen LogP contribution in [0.3, 0.4) is 0 Å². The van der Waals surface area contributed by atoms with Crippen LogP contribution >= 0.6 is 15.9 Å². The summed E-state index contributed by atoms with van der Waals surface area (Å²) in [5.41, 5.74) is 3.19.